The van der Waals surface area contributed by atoms with E-state index >= 15 is 0 Å². The zero-order valence-corrected chi connectivity index (χ0v) is 76.8. The quantitative estimate of drug-likeness (QED) is 0.00732. The van der Waals surface area contributed by atoms with Crippen LogP contribution in [0.15, 0.2) is 293 Å². The molecular formula is C79H63Br5ClF4IN18O16S2. The molecule has 6 aromatic carbocycles. The van der Waals surface area contributed by atoms with E-state index in [2.05, 4.69) is 135 Å². The predicted octanol–water partition coefficient (Wildman–Crippen LogP) is 19.6. The second kappa shape index (κ2) is 50.4. The third-order valence-electron chi connectivity index (χ3n) is 15.1. The number of aromatic amines is 1. The Balaban J connectivity index is 0.000000225. The molecule has 0 saturated carbocycles. The molecule has 9 aromatic heterocycles. The van der Waals surface area contributed by atoms with E-state index in [0.717, 1.165) is 43.3 Å². The van der Waals surface area contributed by atoms with Crippen molar-refractivity contribution in [3.63, 3.8) is 0 Å². The van der Waals surface area contributed by atoms with Gasteiger partial charge in [-0.1, -0.05) is 88.3 Å². The fourth-order valence-electron chi connectivity index (χ4n) is 9.42. The van der Waals surface area contributed by atoms with Gasteiger partial charge in [0, 0.05) is 120 Å². The van der Waals surface area contributed by atoms with Crippen LogP contribution in [0.1, 0.15) is 28.4 Å². The number of rotatable bonds is 15. The van der Waals surface area contributed by atoms with Gasteiger partial charge in [-0.25, -0.2) is 65.7 Å². The number of aryl methyl sites for hydroxylation is 2. The maximum Gasteiger partial charge on any atom is 0.340 e. The molecule has 15 aromatic rings. The van der Waals surface area contributed by atoms with Crippen LogP contribution in [-0.2, 0) is 30.5 Å². The highest BCUT2D eigenvalue weighted by molar-refractivity contribution is 14.1. The van der Waals surface area contributed by atoms with Gasteiger partial charge in [0.05, 0.1) is 42.3 Å². The highest BCUT2D eigenvalue weighted by Gasteiger charge is 2.26. The summed E-state index contributed by atoms with van der Waals surface area (Å²) in [5.74, 6) is -2.44. The van der Waals surface area contributed by atoms with E-state index in [1.165, 1.54) is 122 Å². The highest BCUT2D eigenvalue weighted by atomic mass is 127. The van der Waals surface area contributed by atoms with Crippen molar-refractivity contribution in [2.24, 2.45) is 5.73 Å². The van der Waals surface area contributed by atoms with Crippen molar-refractivity contribution in [3.05, 3.63) is 365 Å². The van der Waals surface area contributed by atoms with Gasteiger partial charge in [-0.15, -0.1) is 0 Å². The van der Waals surface area contributed by atoms with Crippen molar-refractivity contribution >= 4 is 213 Å². The van der Waals surface area contributed by atoms with Crippen LogP contribution in [-0.4, -0.2) is 113 Å². The van der Waals surface area contributed by atoms with Gasteiger partial charge in [0.2, 0.25) is 5.82 Å². The fourth-order valence-corrected chi connectivity index (χ4v) is 12.7. The first-order chi connectivity index (χ1) is 60.3. The maximum atomic E-state index is 13.2. The number of carboxylic acid groups (broad SMARTS) is 2. The number of nitrogens with zero attached hydrogens (tertiary/aromatic N) is 13. The standard InChI is InChI=1S/C13H8FN3O2.C12H7BrFN3.C12H9BrN2O5S.C11H7BrFN3O2.C11H9BrFN3.C7H7ClO2S.C6H8N2.C5H3BrN2O3.CH3I.CH2O2/c14-9-2-1-3-10(5-9)17-7-16-11-4-8(13(18)19)6-15-12(11)17;13-8-4-11-12(15-6-8)17(7-16-11)10-3-1-2-9(14)5-10;1-8-2-4-10(5-3-8)21(18,19)20-12-11(15(16)17)6-9(13)7-14-12;12-7-4-10(16(17)18)11(14-6-7)15-9-3-1-2-8(13)5-9;12-7-4-10(14)11(15-6-7)16-9-3-1-2-8(13)5-9;1-6-2-4-7(5-3-6)11(8,9)10;7-4-6-2-1-3-8-5-6;6-3-1-4(8(10)11)5(9)7-2-3;1-2;2-1-3/h1-7H,(H,18,19);1-7H;2-7H,1H3;1-6H,(H,14,15);1-6H,14H2,(H,15,16);2-5H,1H3;1-3,5H,4,7H2;1-2H,(H,7,9);1H3;1H,(H,2,3)/i;;;;;;;;1D;. The molecule has 0 atom stereocenters. The van der Waals surface area contributed by atoms with Crippen molar-refractivity contribution in [1.82, 2.24) is 54.0 Å². The summed E-state index contributed by atoms with van der Waals surface area (Å²) in [4.78, 5) is 94.6. The molecular weight excluding hydrogens is 2160 g/mol. The van der Waals surface area contributed by atoms with Gasteiger partial charge < -0.3 is 41.5 Å². The summed E-state index contributed by atoms with van der Waals surface area (Å²) >= 11 is 17.7. The van der Waals surface area contributed by atoms with Crippen molar-refractivity contribution < 1.29 is 74.5 Å². The first-order valence-electron chi connectivity index (χ1n) is 35.2. The molecule has 0 radical (unpaired) electrons. The first-order valence-corrected chi connectivity index (χ1v) is 43.7. The number of imidazole rings is 2. The summed E-state index contributed by atoms with van der Waals surface area (Å²) in [5.41, 5.74) is 17.4. The molecule has 0 aliphatic heterocycles. The molecule has 34 nitrogen and oxygen atoms in total. The first kappa shape index (κ1) is 101. The van der Waals surface area contributed by atoms with Crippen LogP contribution in [0, 0.1) is 67.5 Å². The third kappa shape index (κ3) is 33.2. The van der Waals surface area contributed by atoms with Gasteiger partial charge in [0.1, 0.15) is 51.9 Å². The molecule has 0 spiro atoms. The van der Waals surface area contributed by atoms with Gasteiger partial charge in [0.15, 0.2) is 17.1 Å². The highest BCUT2D eigenvalue weighted by Crippen LogP contribution is 2.32. The lowest BCUT2D eigenvalue weighted by Crippen LogP contribution is -2.12. The number of aromatic carboxylic acids is 1. The molecule has 0 fully saturated rings. The maximum absolute atomic E-state index is 13.2. The Hall–Kier alpha value is -12.6. The zero-order valence-electron chi connectivity index (χ0n) is 65.3. The second-order valence-corrected chi connectivity index (χ2v) is 32.7. The number of hydrogen-bond donors (Lipinski definition) is 7. The SMILES string of the molecule is Cc1ccc(S(=O)(=O)Cl)cc1.Cc1ccc(S(=O)(=O)Oc2ncc(Br)cc2[N+](=O)[O-])cc1.Fc1cccc(-n2cnc3cc(Br)cnc32)c1.NCc1cccnc1.Nc1cc(Br)cnc1Nc1cccc(F)c1.O=C(O)c1cnc2c(c1)ncn2-c1cccc(F)c1.O=CO.O=[N+]([O-])c1cc(Br)cnc1Nc1cccc(F)c1.O=c1[nH]cc(Br)cc1[N+](=O)[O-].[2H]CI. The number of benzene rings is 6. The molecule has 15 rings (SSSR count). The van der Waals surface area contributed by atoms with E-state index in [1.807, 2.05) is 53.8 Å². The van der Waals surface area contributed by atoms with Crippen LogP contribution in [0.2, 0.25) is 0 Å². The average molecular weight is 2220 g/mol. The van der Waals surface area contributed by atoms with Gasteiger partial charge in [-0.3, -0.25) is 54.1 Å². The van der Waals surface area contributed by atoms with Crippen LogP contribution < -0.4 is 31.8 Å². The monoisotopic (exact) mass is 2220 g/mol. The van der Waals surface area contributed by atoms with Crippen LogP contribution in [0.4, 0.5) is 63.3 Å². The molecule has 126 heavy (non-hydrogen) atoms. The lowest BCUT2D eigenvalue weighted by atomic mass is 10.2. The number of H-pyrrole nitrogens is 1. The van der Waals surface area contributed by atoms with Crippen molar-refractivity contribution in [2.45, 2.75) is 30.2 Å². The van der Waals surface area contributed by atoms with Crippen molar-refractivity contribution in [2.75, 3.05) is 21.3 Å². The van der Waals surface area contributed by atoms with E-state index in [4.69, 9.17) is 42.7 Å². The fraction of sp³-hybridized carbons (Fsp3) is 0.0506. The third-order valence-corrected chi connectivity index (χ3v) is 19.8. The number of aromatic nitrogens is 11. The Labute approximate surface area is 773 Å². The van der Waals surface area contributed by atoms with E-state index in [9.17, 15) is 74.3 Å². The number of alkyl halides is 1. The number of carbonyl (C=O) groups is 2. The van der Waals surface area contributed by atoms with Gasteiger partial charge in [-0.2, -0.15) is 8.42 Å². The minimum absolute atomic E-state index is 0.0637. The van der Waals surface area contributed by atoms with E-state index < -0.39 is 68.5 Å². The Morgan fingerprint density at radius 3 is 1.45 bits per heavy atom. The minimum Gasteiger partial charge on any atom is -0.483 e. The summed E-state index contributed by atoms with van der Waals surface area (Å²) in [6, 6.07) is 48.8. The molecule has 0 unspecified atom stereocenters. The average Bonchev–Trinajstić information content (AvgIpc) is 1.67. The number of anilines is 5. The summed E-state index contributed by atoms with van der Waals surface area (Å²) in [6.45, 7) is 4.01. The Morgan fingerprint density at radius 1 is 0.579 bits per heavy atom. The number of hydrogen-bond acceptors (Lipinski definition) is 26. The molecule has 0 saturated heterocycles. The van der Waals surface area contributed by atoms with Gasteiger partial charge in [0.25, 0.3) is 15.5 Å². The van der Waals surface area contributed by atoms with Gasteiger partial charge >= 0.3 is 44.6 Å². The molecule has 654 valence electrons. The Morgan fingerprint density at radius 2 is 1.01 bits per heavy atom. The number of halogens is 11. The summed E-state index contributed by atoms with van der Waals surface area (Å²) < 4.78 is 115. The van der Waals surface area contributed by atoms with Crippen LogP contribution in [0.25, 0.3) is 33.7 Å². The summed E-state index contributed by atoms with van der Waals surface area (Å²) in [6.07, 6.45) is 15.2. The van der Waals surface area contributed by atoms with E-state index in [-0.39, 0.29) is 50.8 Å². The molecule has 0 aliphatic rings. The number of carboxylic acids is 1. The molecule has 0 aliphatic carbocycles. The Kier molecular flexibility index (Phi) is 40.2. The number of nitrogen functional groups attached to an aromatic ring is 1. The molecule has 0 bridgehead atoms. The van der Waals surface area contributed by atoms with E-state index in [0.29, 0.717) is 75.9 Å². The second-order valence-electron chi connectivity index (χ2n) is 24.0. The summed E-state index contributed by atoms with van der Waals surface area (Å²) in [7, 11) is -2.65. The van der Waals surface area contributed by atoms with Crippen LogP contribution >= 0.6 is 113 Å². The molecule has 47 heteroatoms. The number of nitro groups is 3. The Bertz CT molecular complexity index is 6610. The topological polar surface area (TPSA) is 503 Å². The molecule has 9 heterocycles. The largest absolute Gasteiger partial charge is 0.483 e. The lowest BCUT2D eigenvalue weighted by Gasteiger charge is -2.08. The van der Waals surface area contributed by atoms with Crippen LogP contribution in [0.5, 0.6) is 5.88 Å². The van der Waals surface area contributed by atoms with E-state index in [1.54, 1.807) is 114 Å². The molecule has 0 amide bonds. The predicted molar refractivity (Wildman–Crippen MR) is 491 cm³/mol. The smallest absolute Gasteiger partial charge is 0.340 e. The summed E-state index contributed by atoms with van der Waals surface area (Å²) in [5, 5.41) is 53.3. The van der Waals surface area contributed by atoms with Gasteiger partial charge in [-0.05, 0) is 225 Å². The van der Waals surface area contributed by atoms with Crippen molar-refractivity contribution in [3.8, 4) is 17.3 Å². The number of fused-ring (bicyclic) bond motifs is 2. The van der Waals surface area contributed by atoms with Crippen molar-refractivity contribution in [1.29, 1.82) is 0 Å². The molecule has 9 N–H and O–H groups in total. The lowest BCUT2D eigenvalue weighted by molar-refractivity contribution is -0.386. The van der Waals surface area contributed by atoms with Crippen LogP contribution in [0.3, 0.4) is 0 Å². The number of pyridine rings is 7. The normalized spacial score (nSPS) is 10.3. The minimum atomic E-state index is -4.18. The number of nitrogens with one attached hydrogen (secondary N) is 3. The zero-order chi connectivity index (χ0) is 93.7. The number of nitrogens with two attached hydrogens (primary N) is 2.